The summed E-state index contributed by atoms with van der Waals surface area (Å²) in [7, 11) is 0. The van der Waals surface area contributed by atoms with Crippen LogP contribution in [-0.4, -0.2) is 58.2 Å². The molecule has 5 unspecified atom stereocenters. The van der Waals surface area contributed by atoms with Gasteiger partial charge in [0.1, 0.15) is 0 Å². The van der Waals surface area contributed by atoms with Gasteiger partial charge in [0.05, 0.1) is 18.3 Å². The zero-order valence-corrected chi connectivity index (χ0v) is 10.6. The summed E-state index contributed by atoms with van der Waals surface area (Å²) in [5.41, 5.74) is 0. The lowest BCUT2D eigenvalue weighted by Crippen LogP contribution is -2.38. The quantitative estimate of drug-likeness (QED) is 0.663. The zero-order chi connectivity index (χ0) is 12.4. The predicted molar refractivity (Wildman–Crippen MR) is 65.6 cm³/mol. The first-order chi connectivity index (χ1) is 8.10. The van der Waals surface area contributed by atoms with Crippen molar-refractivity contribution in [3.05, 3.63) is 0 Å². The highest BCUT2D eigenvalue weighted by molar-refractivity contribution is 4.87. The molecule has 1 saturated carbocycles. The highest BCUT2D eigenvalue weighted by Crippen LogP contribution is 2.32. The van der Waals surface area contributed by atoms with Gasteiger partial charge in [-0.05, 0) is 31.1 Å². The molecule has 1 aliphatic heterocycles. The van der Waals surface area contributed by atoms with Gasteiger partial charge in [-0.2, -0.15) is 0 Å². The molecular weight excluding hydrogens is 218 g/mol. The Kier molecular flexibility index (Phi) is 4.42. The third-order valence-corrected chi connectivity index (χ3v) is 4.46. The number of likely N-dealkylation sites (tertiary alicyclic amines) is 1. The third kappa shape index (κ3) is 3.19. The lowest BCUT2D eigenvalue weighted by molar-refractivity contribution is 0.0283. The normalized spacial score (nSPS) is 44.1. The fourth-order valence-electron chi connectivity index (χ4n) is 3.24. The molecule has 3 N–H and O–H groups in total. The standard InChI is InChI=1S/C13H25NO3/c1-2-9-3-4-11(15)10(5-9)6-14-7-12(16)13(17)8-14/h9-13,15-17H,2-8H2,1H3. The molecule has 4 heteroatoms. The SMILES string of the molecule is CCC1CCC(O)C(CN2CC(O)C(O)C2)C1. The van der Waals surface area contributed by atoms with Crippen LogP contribution >= 0.6 is 0 Å². The van der Waals surface area contributed by atoms with Crippen LogP contribution in [0.15, 0.2) is 0 Å². The van der Waals surface area contributed by atoms with E-state index in [1.54, 1.807) is 0 Å². The molecule has 2 rings (SSSR count). The Morgan fingerprint density at radius 2 is 1.65 bits per heavy atom. The van der Waals surface area contributed by atoms with E-state index in [2.05, 4.69) is 11.8 Å². The van der Waals surface area contributed by atoms with Crippen LogP contribution < -0.4 is 0 Å². The summed E-state index contributed by atoms with van der Waals surface area (Å²) in [6, 6.07) is 0. The van der Waals surface area contributed by atoms with Gasteiger partial charge in [0.2, 0.25) is 0 Å². The Hall–Kier alpha value is -0.160. The van der Waals surface area contributed by atoms with E-state index >= 15 is 0 Å². The second kappa shape index (κ2) is 5.65. The minimum Gasteiger partial charge on any atom is -0.393 e. The van der Waals surface area contributed by atoms with E-state index < -0.39 is 12.2 Å². The van der Waals surface area contributed by atoms with Crippen LogP contribution in [0.4, 0.5) is 0 Å². The molecule has 2 fully saturated rings. The first kappa shape index (κ1) is 13.3. The molecule has 2 aliphatic rings. The highest BCUT2D eigenvalue weighted by Gasteiger charge is 2.34. The molecule has 0 aromatic carbocycles. The summed E-state index contributed by atoms with van der Waals surface area (Å²) in [6.07, 6.45) is 2.89. The van der Waals surface area contributed by atoms with Crippen LogP contribution in [0.2, 0.25) is 0 Å². The first-order valence-corrected chi connectivity index (χ1v) is 6.86. The Labute approximate surface area is 103 Å². The van der Waals surface area contributed by atoms with Crippen molar-refractivity contribution in [1.29, 1.82) is 0 Å². The minimum absolute atomic E-state index is 0.201. The summed E-state index contributed by atoms with van der Waals surface area (Å²) in [5.74, 6) is 1.05. The van der Waals surface area contributed by atoms with Crippen molar-refractivity contribution in [1.82, 2.24) is 4.90 Å². The molecular formula is C13H25NO3. The van der Waals surface area contributed by atoms with Gasteiger partial charge in [-0.15, -0.1) is 0 Å². The van der Waals surface area contributed by atoms with E-state index in [1.165, 1.54) is 6.42 Å². The molecule has 17 heavy (non-hydrogen) atoms. The van der Waals surface area contributed by atoms with Crippen molar-refractivity contribution >= 4 is 0 Å². The summed E-state index contributed by atoms with van der Waals surface area (Å²) in [4.78, 5) is 2.08. The van der Waals surface area contributed by atoms with Crippen LogP contribution in [0.3, 0.4) is 0 Å². The number of hydrogen-bond acceptors (Lipinski definition) is 4. The summed E-state index contributed by atoms with van der Waals surface area (Å²) in [5, 5.41) is 29.0. The molecule has 4 nitrogen and oxygen atoms in total. The van der Waals surface area contributed by atoms with E-state index in [4.69, 9.17) is 0 Å². The Balaban J connectivity index is 1.85. The van der Waals surface area contributed by atoms with Gasteiger partial charge in [-0.1, -0.05) is 13.3 Å². The molecule has 0 spiro atoms. The van der Waals surface area contributed by atoms with E-state index in [0.717, 1.165) is 31.7 Å². The number of aliphatic hydroxyl groups excluding tert-OH is 3. The Bertz CT molecular complexity index is 239. The van der Waals surface area contributed by atoms with Crippen molar-refractivity contribution in [3.63, 3.8) is 0 Å². The maximum atomic E-state index is 10.0. The molecule has 0 radical (unpaired) electrons. The van der Waals surface area contributed by atoms with Crippen LogP contribution in [0.5, 0.6) is 0 Å². The first-order valence-electron chi connectivity index (χ1n) is 6.86. The molecule has 1 saturated heterocycles. The molecule has 5 atom stereocenters. The van der Waals surface area contributed by atoms with Crippen LogP contribution in [0.1, 0.15) is 32.6 Å². The molecule has 0 amide bonds. The van der Waals surface area contributed by atoms with E-state index in [0.29, 0.717) is 19.0 Å². The average molecular weight is 243 g/mol. The van der Waals surface area contributed by atoms with Crippen molar-refractivity contribution in [2.45, 2.75) is 50.9 Å². The fourth-order valence-corrected chi connectivity index (χ4v) is 3.24. The van der Waals surface area contributed by atoms with Gasteiger partial charge < -0.3 is 15.3 Å². The maximum absolute atomic E-state index is 10.0. The topological polar surface area (TPSA) is 63.9 Å². The van der Waals surface area contributed by atoms with E-state index in [9.17, 15) is 15.3 Å². The molecule has 0 aromatic rings. The Morgan fingerprint density at radius 3 is 2.24 bits per heavy atom. The summed E-state index contributed by atoms with van der Waals surface area (Å²) >= 11 is 0. The molecule has 1 aliphatic carbocycles. The Morgan fingerprint density at radius 1 is 1.00 bits per heavy atom. The summed E-state index contributed by atoms with van der Waals surface area (Å²) < 4.78 is 0. The highest BCUT2D eigenvalue weighted by atomic mass is 16.3. The average Bonchev–Trinajstić information content (AvgIpc) is 2.61. The third-order valence-electron chi connectivity index (χ3n) is 4.46. The number of hydrogen-bond donors (Lipinski definition) is 3. The zero-order valence-electron chi connectivity index (χ0n) is 10.6. The lowest BCUT2D eigenvalue weighted by Gasteiger charge is -2.35. The van der Waals surface area contributed by atoms with E-state index in [-0.39, 0.29) is 6.10 Å². The number of rotatable bonds is 3. The molecule has 0 aromatic heterocycles. The van der Waals surface area contributed by atoms with Gasteiger partial charge in [0.15, 0.2) is 0 Å². The monoisotopic (exact) mass is 243 g/mol. The van der Waals surface area contributed by atoms with Crippen LogP contribution in [-0.2, 0) is 0 Å². The van der Waals surface area contributed by atoms with Crippen molar-refractivity contribution < 1.29 is 15.3 Å². The minimum atomic E-state index is -0.613. The maximum Gasteiger partial charge on any atom is 0.0938 e. The van der Waals surface area contributed by atoms with Crippen molar-refractivity contribution in [2.24, 2.45) is 11.8 Å². The number of β-amino-alcohol motifs (C(OH)–C–C–N with tert-alkyl or cyclic N) is 2. The van der Waals surface area contributed by atoms with Crippen LogP contribution in [0, 0.1) is 11.8 Å². The van der Waals surface area contributed by atoms with Crippen molar-refractivity contribution in [2.75, 3.05) is 19.6 Å². The molecule has 100 valence electrons. The van der Waals surface area contributed by atoms with E-state index in [1.807, 2.05) is 0 Å². The molecule has 1 heterocycles. The van der Waals surface area contributed by atoms with Gasteiger partial charge >= 0.3 is 0 Å². The number of nitrogens with zero attached hydrogens (tertiary/aromatic N) is 1. The number of aliphatic hydroxyl groups is 3. The van der Waals surface area contributed by atoms with Crippen molar-refractivity contribution in [3.8, 4) is 0 Å². The predicted octanol–water partition coefficient (Wildman–Crippen LogP) is 0.211. The van der Waals surface area contributed by atoms with Gasteiger partial charge in [0.25, 0.3) is 0 Å². The second-order valence-electron chi connectivity index (χ2n) is 5.77. The van der Waals surface area contributed by atoms with Crippen LogP contribution in [0.25, 0.3) is 0 Å². The lowest BCUT2D eigenvalue weighted by atomic mass is 9.78. The van der Waals surface area contributed by atoms with Gasteiger partial charge in [0, 0.05) is 19.6 Å². The van der Waals surface area contributed by atoms with Gasteiger partial charge in [-0.25, -0.2) is 0 Å². The molecule has 0 bridgehead atoms. The largest absolute Gasteiger partial charge is 0.393 e. The summed E-state index contributed by atoms with van der Waals surface area (Å²) in [6.45, 7) is 4.11. The smallest absolute Gasteiger partial charge is 0.0938 e. The van der Waals surface area contributed by atoms with Gasteiger partial charge in [-0.3, -0.25) is 4.90 Å². The second-order valence-corrected chi connectivity index (χ2v) is 5.77. The fraction of sp³-hybridized carbons (Fsp3) is 1.00.